The summed E-state index contributed by atoms with van der Waals surface area (Å²) in [6.07, 6.45) is 0. The van der Waals surface area contributed by atoms with Crippen molar-refractivity contribution < 1.29 is 34.3 Å². The molecule has 8 heteroatoms. The number of rotatable bonds is 3. The van der Waals surface area contributed by atoms with Crippen LogP contribution in [0.3, 0.4) is 0 Å². The Balaban J connectivity index is 2.36. The van der Waals surface area contributed by atoms with E-state index in [1.54, 1.807) is 0 Å². The highest BCUT2D eigenvalue weighted by molar-refractivity contribution is 5.89. The number of ether oxygens (including phenoxy) is 2. The standard InChI is InChI=1S/C17H14O8/c1-23-10-5-7(6-11(24-2)14(10)20)17-16(22)15(21)12-9(25-17)4-3-8(18)13(12)19/h3-6,18-20,22H,1-2H3. The summed E-state index contributed by atoms with van der Waals surface area (Å²) < 4.78 is 15.6. The molecule has 25 heavy (non-hydrogen) atoms. The zero-order valence-corrected chi connectivity index (χ0v) is 13.2. The average molecular weight is 346 g/mol. The number of benzene rings is 2. The minimum absolute atomic E-state index is 0.0425. The van der Waals surface area contributed by atoms with E-state index in [0.29, 0.717) is 0 Å². The fraction of sp³-hybridized carbons (Fsp3) is 0.118. The Morgan fingerprint density at radius 3 is 2.04 bits per heavy atom. The quantitative estimate of drug-likeness (QED) is 0.532. The smallest absolute Gasteiger partial charge is 0.238 e. The van der Waals surface area contributed by atoms with Crippen LogP contribution in [0.5, 0.6) is 34.5 Å². The van der Waals surface area contributed by atoms with E-state index in [4.69, 9.17) is 13.9 Å². The molecule has 2 aromatic carbocycles. The van der Waals surface area contributed by atoms with Crippen molar-refractivity contribution in [3.63, 3.8) is 0 Å². The normalized spacial score (nSPS) is 10.8. The first kappa shape index (κ1) is 16.3. The number of hydrogen-bond donors (Lipinski definition) is 4. The molecular formula is C17H14O8. The molecule has 0 fully saturated rings. The lowest BCUT2D eigenvalue weighted by molar-refractivity contribution is 0.340. The number of fused-ring (bicyclic) bond motifs is 1. The van der Waals surface area contributed by atoms with Crippen LogP contribution >= 0.6 is 0 Å². The van der Waals surface area contributed by atoms with Gasteiger partial charge in [0.2, 0.25) is 16.9 Å². The van der Waals surface area contributed by atoms with Gasteiger partial charge < -0.3 is 34.3 Å². The van der Waals surface area contributed by atoms with Crippen molar-refractivity contribution in [2.45, 2.75) is 0 Å². The average Bonchev–Trinajstić information content (AvgIpc) is 2.61. The Hall–Kier alpha value is -3.55. The van der Waals surface area contributed by atoms with Crippen molar-refractivity contribution in [3.8, 4) is 45.8 Å². The molecule has 0 atom stereocenters. The molecule has 0 saturated carbocycles. The van der Waals surface area contributed by atoms with Crippen molar-refractivity contribution >= 4 is 11.0 Å². The molecule has 0 amide bonds. The Labute approximate surface area is 140 Å². The van der Waals surface area contributed by atoms with Crippen molar-refractivity contribution in [2.75, 3.05) is 14.2 Å². The summed E-state index contributed by atoms with van der Waals surface area (Å²) in [6.45, 7) is 0. The second-order valence-corrected chi connectivity index (χ2v) is 5.14. The highest BCUT2D eigenvalue weighted by Gasteiger charge is 2.22. The van der Waals surface area contributed by atoms with E-state index < -0.39 is 22.7 Å². The van der Waals surface area contributed by atoms with Gasteiger partial charge in [0.05, 0.1) is 14.2 Å². The van der Waals surface area contributed by atoms with Gasteiger partial charge in [-0.1, -0.05) is 0 Å². The molecule has 0 aliphatic carbocycles. The van der Waals surface area contributed by atoms with Gasteiger partial charge in [-0.2, -0.15) is 0 Å². The van der Waals surface area contributed by atoms with Crippen LogP contribution in [0.25, 0.3) is 22.3 Å². The first-order valence-electron chi connectivity index (χ1n) is 7.05. The third-order valence-electron chi connectivity index (χ3n) is 3.73. The van der Waals surface area contributed by atoms with Crippen LogP contribution < -0.4 is 14.9 Å². The van der Waals surface area contributed by atoms with Crippen molar-refractivity contribution in [3.05, 3.63) is 34.5 Å². The zero-order chi connectivity index (χ0) is 18.3. The van der Waals surface area contributed by atoms with E-state index in [2.05, 4.69) is 0 Å². The van der Waals surface area contributed by atoms with E-state index in [-0.39, 0.29) is 39.5 Å². The molecule has 4 N–H and O–H groups in total. The fourth-order valence-corrected chi connectivity index (χ4v) is 2.47. The number of hydrogen-bond acceptors (Lipinski definition) is 8. The molecule has 3 rings (SSSR count). The van der Waals surface area contributed by atoms with Crippen LogP contribution in [0.15, 0.2) is 33.5 Å². The molecule has 0 unspecified atom stereocenters. The third kappa shape index (κ3) is 2.44. The summed E-state index contributed by atoms with van der Waals surface area (Å²) in [6, 6.07) is 5.13. The van der Waals surface area contributed by atoms with Gasteiger partial charge in [-0.3, -0.25) is 4.79 Å². The molecular weight excluding hydrogens is 332 g/mol. The fourth-order valence-electron chi connectivity index (χ4n) is 2.47. The lowest BCUT2D eigenvalue weighted by Gasteiger charge is -2.12. The van der Waals surface area contributed by atoms with Gasteiger partial charge in [-0.15, -0.1) is 0 Å². The summed E-state index contributed by atoms with van der Waals surface area (Å²) >= 11 is 0. The minimum Gasteiger partial charge on any atom is -0.504 e. The van der Waals surface area contributed by atoms with Crippen molar-refractivity contribution in [2.24, 2.45) is 0 Å². The van der Waals surface area contributed by atoms with Crippen molar-refractivity contribution in [1.29, 1.82) is 0 Å². The highest BCUT2D eigenvalue weighted by atomic mass is 16.5. The van der Waals surface area contributed by atoms with Gasteiger partial charge in [0.15, 0.2) is 28.8 Å². The van der Waals surface area contributed by atoms with Gasteiger partial charge in [0, 0.05) is 5.56 Å². The highest BCUT2D eigenvalue weighted by Crippen LogP contribution is 2.43. The van der Waals surface area contributed by atoms with Gasteiger partial charge in [-0.25, -0.2) is 0 Å². The summed E-state index contributed by atoms with van der Waals surface area (Å²) in [5, 5.41) is 39.2. The van der Waals surface area contributed by atoms with Gasteiger partial charge >= 0.3 is 0 Å². The lowest BCUT2D eigenvalue weighted by Crippen LogP contribution is -2.03. The van der Waals surface area contributed by atoms with E-state index in [1.807, 2.05) is 0 Å². The minimum atomic E-state index is -0.921. The topological polar surface area (TPSA) is 130 Å². The number of phenolic OH excluding ortho intramolecular Hbond substituents is 3. The van der Waals surface area contributed by atoms with Crippen LogP contribution in [-0.4, -0.2) is 34.6 Å². The Morgan fingerprint density at radius 2 is 1.48 bits per heavy atom. The molecule has 0 spiro atoms. The second kappa shape index (κ2) is 5.82. The predicted molar refractivity (Wildman–Crippen MR) is 87.7 cm³/mol. The monoisotopic (exact) mass is 346 g/mol. The van der Waals surface area contributed by atoms with Gasteiger partial charge in [0.25, 0.3) is 0 Å². The zero-order valence-electron chi connectivity index (χ0n) is 13.2. The van der Waals surface area contributed by atoms with Gasteiger partial charge in [0.1, 0.15) is 11.0 Å². The SMILES string of the molecule is COc1cc(-c2oc3ccc(O)c(O)c3c(=O)c2O)cc(OC)c1O. The van der Waals surface area contributed by atoms with Crippen LogP contribution in [0.1, 0.15) is 0 Å². The maximum Gasteiger partial charge on any atom is 0.238 e. The summed E-state index contributed by atoms with van der Waals surface area (Å²) in [5.74, 6) is -2.34. The molecule has 0 aliphatic heterocycles. The number of phenols is 3. The van der Waals surface area contributed by atoms with Crippen LogP contribution in [0.2, 0.25) is 0 Å². The number of aromatic hydroxyl groups is 4. The molecule has 0 radical (unpaired) electrons. The molecule has 0 bridgehead atoms. The summed E-state index contributed by atoms with van der Waals surface area (Å²) in [4.78, 5) is 12.4. The van der Waals surface area contributed by atoms with Gasteiger partial charge in [-0.05, 0) is 24.3 Å². The summed E-state index contributed by atoms with van der Waals surface area (Å²) in [7, 11) is 2.66. The van der Waals surface area contributed by atoms with Crippen LogP contribution in [-0.2, 0) is 0 Å². The molecule has 0 saturated heterocycles. The first-order valence-corrected chi connectivity index (χ1v) is 7.05. The third-order valence-corrected chi connectivity index (χ3v) is 3.73. The largest absolute Gasteiger partial charge is 0.504 e. The number of methoxy groups -OCH3 is 2. The lowest BCUT2D eigenvalue weighted by atomic mass is 10.1. The van der Waals surface area contributed by atoms with E-state index in [9.17, 15) is 25.2 Å². The Kier molecular flexibility index (Phi) is 3.80. The first-order chi connectivity index (χ1) is 11.9. The molecule has 1 aromatic heterocycles. The predicted octanol–water partition coefficient (Wildman–Crippen LogP) is 2.30. The Morgan fingerprint density at radius 1 is 0.880 bits per heavy atom. The van der Waals surface area contributed by atoms with Crippen molar-refractivity contribution in [1.82, 2.24) is 0 Å². The summed E-state index contributed by atoms with van der Waals surface area (Å²) in [5.41, 5.74) is -0.759. The molecule has 1 heterocycles. The molecule has 3 aromatic rings. The van der Waals surface area contributed by atoms with Crippen LogP contribution in [0.4, 0.5) is 0 Å². The molecule has 0 aliphatic rings. The van der Waals surface area contributed by atoms with E-state index in [0.717, 1.165) is 6.07 Å². The molecule has 130 valence electrons. The second-order valence-electron chi connectivity index (χ2n) is 5.14. The Bertz CT molecular complexity index is 1010. The molecule has 8 nitrogen and oxygen atoms in total. The van der Waals surface area contributed by atoms with E-state index in [1.165, 1.54) is 32.4 Å². The maximum absolute atomic E-state index is 12.4. The van der Waals surface area contributed by atoms with Crippen LogP contribution in [0, 0.1) is 0 Å². The van der Waals surface area contributed by atoms with E-state index >= 15 is 0 Å². The maximum atomic E-state index is 12.4.